The molecular weight excluding hydrogens is 352 g/mol. The Bertz CT molecular complexity index is 717. The van der Waals surface area contributed by atoms with E-state index in [0.717, 1.165) is 10.6 Å². The first-order valence-electron chi connectivity index (χ1n) is 8.30. The molecule has 2 aromatic rings. The van der Waals surface area contributed by atoms with Crippen molar-refractivity contribution in [2.75, 3.05) is 19.0 Å². The standard InChI is InChI=1S/C19H22N2O4S/c1-3-24-15-7-5-14(6-8-15)19(23)21-20-18(22)13-26-17-11-9-16(10-12-17)25-4-2/h5-12H,3-4,13H2,1-2H3,(H,20,22)(H,21,23). The van der Waals surface area contributed by atoms with Gasteiger partial charge in [0, 0.05) is 10.5 Å². The molecule has 0 aliphatic carbocycles. The van der Waals surface area contributed by atoms with Crippen molar-refractivity contribution in [1.29, 1.82) is 0 Å². The van der Waals surface area contributed by atoms with Crippen molar-refractivity contribution in [2.24, 2.45) is 0 Å². The maximum atomic E-state index is 12.0. The van der Waals surface area contributed by atoms with E-state index in [1.54, 1.807) is 24.3 Å². The number of amides is 2. The van der Waals surface area contributed by atoms with E-state index in [0.29, 0.717) is 24.5 Å². The molecule has 0 atom stereocenters. The second-order valence-corrected chi connectivity index (χ2v) is 6.20. The first-order valence-corrected chi connectivity index (χ1v) is 9.28. The molecule has 0 saturated heterocycles. The molecule has 0 heterocycles. The number of benzene rings is 2. The Labute approximate surface area is 157 Å². The molecule has 0 spiro atoms. The van der Waals surface area contributed by atoms with Crippen molar-refractivity contribution in [3.8, 4) is 11.5 Å². The van der Waals surface area contributed by atoms with Crippen molar-refractivity contribution in [1.82, 2.24) is 10.9 Å². The summed E-state index contributed by atoms with van der Waals surface area (Å²) >= 11 is 1.37. The summed E-state index contributed by atoms with van der Waals surface area (Å²) in [5.74, 6) is 1.01. The lowest BCUT2D eigenvalue weighted by atomic mass is 10.2. The van der Waals surface area contributed by atoms with Crippen LogP contribution in [-0.2, 0) is 4.79 Å². The molecule has 0 aliphatic heterocycles. The average molecular weight is 374 g/mol. The monoisotopic (exact) mass is 374 g/mol. The number of thioether (sulfide) groups is 1. The molecule has 7 heteroatoms. The van der Waals surface area contributed by atoms with E-state index in [9.17, 15) is 9.59 Å². The first kappa shape index (κ1) is 19.7. The van der Waals surface area contributed by atoms with Crippen LogP contribution >= 0.6 is 11.8 Å². The van der Waals surface area contributed by atoms with Crippen LogP contribution in [-0.4, -0.2) is 30.8 Å². The Morgan fingerprint density at radius 1 is 0.846 bits per heavy atom. The molecule has 0 aliphatic rings. The van der Waals surface area contributed by atoms with Gasteiger partial charge in [0.15, 0.2) is 0 Å². The van der Waals surface area contributed by atoms with Gasteiger partial charge >= 0.3 is 0 Å². The molecule has 26 heavy (non-hydrogen) atoms. The Balaban J connectivity index is 1.74. The fourth-order valence-corrected chi connectivity index (χ4v) is 2.75. The summed E-state index contributed by atoms with van der Waals surface area (Å²) in [6, 6.07) is 14.2. The fraction of sp³-hybridized carbons (Fsp3) is 0.263. The van der Waals surface area contributed by atoms with Crippen LogP contribution in [0.5, 0.6) is 11.5 Å². The summed E-state index contributed by atoms with van der Waals surface area (Å²) in [6.07, 6.45) is 0. The summed E-state index contributed by atoms with van der Waals surface area (Å²) < 4.78 is 10.7. The minimum atomic E-state index is -0.382. The highest BCUT2D eigenvalue weighted by atomic mass is 32.2. The molecule has 2 amide bonds. The van der Waals surface area contributed by atoms with Gasteiger partial charge in [0.25, 0.3) is 5.91 Å². The van der Waals surface area contributed by atoms with Crippen molar-refractivity contribution in [3.05, 3.63) is 54.1 Å². The molecule has 138 valence electrons. The van der Waals surface area contributed by atoms with Gasteiger partial charge in [-0.3, -0.25) is 20.4 Å². The van der Waals surface area contributed by atoms with E-state index in [1.165, 1.54) is 11.8 Å². The molecule has 0 aromatic heterocycles. The Morgan fingerprint density at radius 2 is 1.38 bits per heavy atom. The number of nitrogens with one attached hydrogen (secondary N) is 2. The highest BCUT2D eigenvalue weighted by Crippen LogP contribution is 2.21. The predicted molar refractivity (Wildman–Crippen MR) is 102 cm³/mol. The third-order valence-corrected chi connectivity index (χ3v) is 4.26. The lowest BCUT2D eigenvalue weighted by molar-refractivity contribution is -0.119. The molecule has 6 nitrogen and oxygen atoms in total. The van der Waals surface area contributed by atoms with E-state index in [2.05, 4.69) is 10.9 Å². The molecule has 0 fully saturated rings. The highest BCUT2D eigenvalue weighted by molar-refractivity contribution is 8.00. The summed E-state index contributed by atoms with van der Waals surface area (Å²) in [5, 5.41) is 0. The van der Waals surface area contributed by atoms with Crippen molar-refractivity contribution in [2.45, 2.75) is 18.7 Å². The van der Waals surface area contributed by atoms with Crippen LogP contribution in [0.1, 0.15) is 24.2 Å². The summed E-state index contributed by atoms with van der Waals surface area (Å²) in [4.78, 5) is 24.8. The molecule has 2 rings (SSSR count). The van der Waals surface area contributed by atoms with E-state index in [-0.39, 0.29) is 17.6 Å². The zero-order valence-electron chi connectivity index (χ0n) is 14.8. The van der Waals surface area contributed by atoms with Crippen LogP contribution in [0, 0.1) is 0 Å². The van der Waals surface area contributed by atoms with Crippen LogP contribution in [0.2, 0.25) is 0 Å². The lowest BCUT2D eigenvalue weighted by Crippen LogP contribution is -2.42. The number of ether oxygens (including phenoxy) is 2. The zero-order chi connectivity index (χ0) is 18.8. The second kappa shape index (κ2) is 10.4. The molecule has 0 unspecified atom stereocenters. The molecule has 0 bridgehead atoms. The van der Waals surface area contributed by atoms with Crippen LogP contribution in [0.25, 0.3) is 0 Å². The van der Waals surface area contributed by atoms with Crippen molar-refractivity contribution in [3.63, 3.8) is 0 Å². The third kappa shape index (κ3) is 6.33. The predicted octanol–water partition coefficient (Wildman–Crippen LogP) is 3.04. The fourth-order valence-electron chi connectivity index (χ4n) is 2.05. The van der Waals surface area contributed by atoms with Crippen LogP contribution in [0.15, 0.2) is 53.4 Å². The molecule has 2 N–H and O–H groups in total. The van der Waals surface area contributed by atoms with Gasteiger partial charge in [-0.05, 0) is 62.4 Å². The third-order valence-electron chi connectivity index (χ3n) is 3.25. The Morgan fingerprint density at radius 3 is 1.92 bits per heavy atom. The van der Waals surface area contributed by atoms with E-state index in [1.807, 2.05) is 38.1 Å². The number of hydrogen-bond donors (Lipinski definition) is 2. The van der Waals surface area contributed by atoms with Crippen LogP contribution in [0.4, 0.5) is 0 Å². The van der Waals surface area contributed by atoms with Crippen LogP contribution < -0.4 is 20.3 Å². The normalized spacial score (nSPS) is 10.1. The largest absolute Gasteiger partial charge is 0.494 e. The SMILES string of the molecule is CCOc1ccc(SCC(=O)NNC(=O)c2ccc(OCC)cc2)cc1. The molecular formula is C19H22N2O4S. The quantitative estimate of drug-likeness (QED) is 0.549. The van der Waals surface area contributed by atoms with Gasteiger partial charge in [0.1, 0.15) is 11.5 Å². The Kier molecular flexibility index (Phi) is 7.82. The summed E-state index contributed by atoms with van der Waals surface area (Å²) in [5.41, 5.74) is 5.24. The first-order chi connectivity index (χ1) is 12.6. The van der Waals surface area contributed by atoms with Gasteiger partial charge in [-0.25, -0.2) is 0 Å². The molecule has 0 radical (unpaired) electrons. The number of carbonyl (C=O) groups excluding carboxylic acids is 2. The summed E-state index contributed by atoms with van der Waals surface area (Å²) in [6.45, 7) is 4.99. The van der Waals surface area contributed by atoms with Crippen molar-refractivity contribution >= 4 is 23.6 Å². The average Bonchev–Trinajstić information content (AvgIpc) is 2.66. The Hall–Kier alpha value is -2.67. The number of rotatable bonds is 8. The molecule has 0 saturated carbocycles. The molecule has 2 aromatic carbocycles. The lowest BCUT2D eigenvalue weighted by Gasteiger charge is -2.08. The van der Waals surface area contributed by atoms with Gasteiger partial charge in [0.2, 0.25) is 5.91 Å². The van der Waals surface area contributed by atoms with Crippen LogP contribution in [0.3, 0.4) is 0 Å². The highest BCUT2D eigenvalue weighted by Gasteiger charge is 2.08. The van der Waals surface area contributed by atoms with Crippen molar-refractivity contribution < 1.29 is 19.1 Å². The van der Waals surface area contributed by atoms with Gasteiger partial charge in [0.05, 0.1) is 19.0 Å². The van der Waals surface area contributed by atoms with E-state index < -0.39 is 0 Å². The number of carbonyl (C=O) groups is 2. The minimum absolute atomic E-state index is 0.192. The number of hydrazine groups is 1. The second-order valence-electron chi connectivity index (χ2n) is 5.15. The summed E-state index contributed by atoms with van der Waals surface area (Å²) in [7, 11) is 0. The minimum Gasteiger partial charge on any atom is -0.494 e. The van der Waals surface area contributed by atoms with Gasteiger partial charge in [-0.1, -0.05) is 0 Å². The maximum Gasteiger partial charge on any atom is 0.269 e. The van der Waals surface area contributed by atoms with Gasteiger partial charge in [-0.2, -0.15) is 0 Å². The smallest absolute Gasteiger partial charge is 0.269 e. The topological polar surface area (TPSA) is 76.7 Å². The van der Waals surface area contributed by atoms with E-state index >= 15 is 0 Å². The van der Waals surface area contributed by atoms with E-state index in [4.69, 9.17) is 9.47 Å². The van der Waals surface area contributed by atoms with Gasteiger partial charge < -0.3 is 9.47 Å². The zero-order valence-corrected chi connectivity index (χ0v) is 15.6. The van der Waals surface area contributed by atoms with Gasteiger partial charge in [-0.15, -0.1) is 11.8 Å². The number of hydrogen-bond acceptors (Lipinski definition) is 5. The maximum absolute atomic E-state index is 12.0.